The number of aryl methyl sites for hydroxylation is 3. The summed E-state index contributed by atoms with van der Waals surface area (Å²) in [5.41, 5.74) is 3.24. The summed E-state index contributed by atoms with van der Waals surface area (Å²) < 4.78 is 34.7. The summed E-state index contributed by atoms with van der Waals surface area (Å²) in [6, 6.07) is 12.3. The molecule has 0 unspecified atom stereocenters. The molecule has 0 saturated carbocycles. The summed E-state index contributed by atoms with van der Waals surface area (Å²) in [5.74, 6) is -0.313. The van der Waals surface area contributed by atoms with Crippen molar-refractivity contribution in [3.63, 3.8) is 0 Å². The Hall–Kier alpha value is -2.26. The van der Waals surface area contributed by atoms with Gasteiger partial charge in [-0.15, -0.1) is 0 Å². The predicted molar refractivity (Wildman–Crippen MR) is 130 cm³/mol. The largest absolute Gasteiger partial charge is 0.379 e. The van der Waals surface area contributed by atoms with Crippen molar-refractivity contribution in [2.45, 2.75) is 44.6 Å². The molecule has 1 atom stereocenters. The first-order valence-corrected chi connectivity index (χ1v) is 13.0. The van der Waals surface area contributed by atoms with Gasteiger partial charge in [0.1, 0.15) is 6.04 Å². The molecule has 2 aromatic carbocycles. The van der Waals surface area contributed by atoms with E-state index in [1.807, 2.05) is 49.4 Å². The molecule has 180 valence electrons. The summed E-state index contributed by atoms with van der Waals surface area (Å²) in [5, 5.41) is 2.93. The molecule has 7 nitrogen and oxygen atoms in total. The molecule has 1 aliphatic heterocycles. The first-order valence-electron chi connectivity index (χ1n) is 11.5. The summed E-state index contributed by atoms with van der Waals surface area (Å²) >= 11 is 0. The maximum atomic E-state index is 13.3. The first kappa shape index (κ1) is 25.4. The Balaban J connectivity index is 1.70. The number of morpholine rings is 1. The quantitative estimate of drug-likeness (QED) is 0.517. The second-order valence-corrected chi connectivity index (χ2v) is 10.3. The van der Waals surface area contributed by atoms with Gasteiger partial charge < -0.3 is 10.1 Å². The number of nitrogens with zero attached hydrogens (tertiary/aromatic N) is 1. The number of carbonyl (C=O) groups excluding carboxylic acids is 1. The zero-order valence-corrected chi connectivity index (χ0v) is 20.6. The van der Waals surface area contributed by atoms with Gasteiger partial charge in [0.15, 0.2) is 0 Å². The minimum Gasteiger partial charge on any atom is -0.379 e. The molecular weight excluding hydrogens is 438 g/mol. The van der Waals surface area contributed by atoms with Crippen molar-refractivity contribution in [3.05, 3.63) is 64.7 Å². The molecule has 0 aliphatic carbocycles. The zero-order valence-electron chi connectivity index (χ0n) is 19.8. The fourth-order valence-corrected chi connectivity index (χ4v) is 5.99. The van der Waals surface area contributed by atoms with Gasteiger partial charge in [-0.3, -0.25) is 9.69 Å². The Labute approximate surface area is 197 Å². The molecule has 1 heterocycles. The number of benzene rings is 2. The van der Waals surface area contributed by atoms with E-state index >= 15 is 0 Å². The van der Waals surface area contributed by atoms with Gasteiger partial charge >= 0.3 is 0 Å². The lowest BCUT2D eigenvalue weighted by Gasteiger charge is -2.26. The molecule has 8 heteroatoms. The Morgan fingerprint density at radius 2 is 1.70 bits per heavy atom. The molecule has 1 fully saturated rings. The van der Waals surface area contributed by atoms with Gasteiger partial charge in [-0.05, 0) is 56.8 Å². The third-order valence-electron chi connectivity index (χ3n) is 5.82. The van der Waals surface area contributed by atoms with E-state index in [0.29, 0.717) is 17.7 Å². The van der Waals surface area contributed by atoms with E-state index in [-0.39, 0.29) is 17.2 Å². The van der Waals surface area contributed by atoms with Crippen LogP contribution in [0.4, 0.5) is 0 Å². The molecule has 0 aromatic heterocycles. The van der Waals surface area contributed by atoms with Crippen molar-refractivity contribution in [2.24, 2.45) is 0 Å². The molecule has 0 bridgehead atoms. The van der Waals surface area contributed by atoms with Crippen molar-refractivity contribution in [1.82, 2.24) is 14.9 Å². The van der Waals surface area contributed by atoms with Crippen LogP contribution in [0.2, 0.25) is 0 Å². The van der Waals surface area contributed by atoms with E-state index in [0.717, 1.165) is 50.4 Å². The van der Waals surface area contributed by atoms with E-state index in [2.05, 4.69) is 14.9 Å². The molecule has 1 amide bonds. The van der Waals surface area contributed by atoms with Gasteiger partial charge in [0, 0.05) is 19.6 Å². The Kier molecular flexibility index (Phi) is 9.02. The van der Waals surface area contributed by atoms with Crippen molar-refractivity contribution >= 4 is 15.9 Å². The fraction of sp³-hybridized carbons (Fsp3) is 0.480. The summed E-state index contributed by atoms with van der Waals surface area (Å²) in [6.45, 7) is 10.2. The van der Waals surface area contributed by atoms with E-state index in [9.17, 15) is 13.2 Å². The molecule has 1 aliphatic rings. The fourth-order valence-electron chi connectivity index (χ4n) is 4.34. The van der Waals surface area contributed by atoms with Crippen LogP contribution in [0.5, 0.6) is 0 Å². The van der Waals surface area contributed by atoms with Crippen LogP contribution in [0.1, 0.15) is 28.7 Å². The molecule has 0 spiro atoms. The van der Waals surface area contributed by atoms with Crippen molar-refractivity contribution in [3.8, 4) is 0 Å². The first-order chi connectivity index (χ1) is 15.8. The lowest BCUT2D eigenvalue weighted by atomic mass is 10.1. The highest BCUT2D eigenvalue weighted by Gasteiger charge is 2.28. The van der Waals surface area contributed by atoms with E-state index < -0.39 is 16.1 Å². The summed E-state index contributed by atoms with van der Waals surface area (Å²) in [4.78, 5) is 15.6. The topological polar surface area (TPSA) is 87.7 Å². The van der Waals surface area contributed by atoms with Gasteiger partial charge in [0.2, 0.25) is 15.9 Å². The second kappa shape index (κ2) is 11.7. The van der Waals surface area contributed by atoms with Crippen LogP contribution in [-0.4, -0.2) is 64.7 Å². The monoisotopic (exact) mass is 473 g/mol. The van der Waals surface area contributed by atoms with Crippen molar-refractivity contribution < 1.29 is 17.9 Å². The lowest BCUT2D eigenvalue weighted by Crippen LogP contribution is -2.48. The van der Waals surface area contributed by atoms with Crippen molar-refractivity contribution in [2.75, 3.05) is 39.4 Å². The summed E-state index contributed by atoms with van der Waals surface area (Å²) in [6.07, 6.45) is 1.08. The van der Waals surface area contributed by atoms with Crippen LogP contribution in [-0.2, 0) is 26.0 Å². The normalized spacial score (nSPS) is 15.8. The van der Waals surface area contributed by atoms with Crippen LogP contribution in [0.25, 0.3) is 0 Å². The van der Waals surface area contributed by atoms with E-state index in [4.69, 9.17) is 4.74 Å². The van der Waals surface area contributed by atoms with Crippen molar-refractivity contribution in [1.29, 1.82) is 0 Å². The second-order valence-electron chi connectivity index (χ2n) is 8.69. The number of amides is 1. The molecule has 2 N–H and O–H groups in total. The molecular formula is C25H35N3O4S. The molecule has 33 heavy (non-hydrogen) atoms. The number of hydrogen-bond donors (Lipinski definition) is 2. The van der Waals surface area contributed by atoms with Crippen LogP contribution in [0, 0.1) is 20.8 Å². The minimum absolute atomic E-state index is 0.242. The standard InChI is InChI=1S/C25H35N3O4S/c1-19-16-20(2)24(21(3)17-19)33(30,31)27-23(18-22-8-5-4-6-9-22)25(29)26-10-7-11-28-12-14-32-15-13-28/h4-6,8-9,16-17,23,27H,7,10-15,18H2,1-3H3,(H,26,29)/t23-/m1/s1. The van der Waals surface area contributed by atoms with Crippen LogP contribution in [0.3, 0.4) is 0 Å². The molecule has 1 saturated heterocycles. The lowest BCUT2D eigenvalue weighted by molar-refractivity contribution is -0.122. The highest BCUT2D eigenvalue weighted by atomic mass is 32.2. The van der Waals surface area contributed by atoms with Gasteiger partial charge in [-0.25, -0.2) is 8.42 Å². The Bertz CT molecular complexity index is 1010. The SMILES string of the molecule is Cc1cc(C)c(S(=O)(=O)N[C@H](Cc2ccccc2)C(=O)NCCCN2CCOCC2)c(C)c1. The third-order valence-corrected chi connectivity index (χ3v) is 7.60. The average molecular weight is 474 g/mol. The van der Waals surface area contributed by atoms with Gasteiger partial charge in [0.25, 0.3) is 0 Å². The number of nitrogens with one attached hydrogen (secondary N) is 2. The van der Waals surface area contributed by atoms with Crippen LogP contribution >= 0.6 is 0 Å². The van der Waals surface area contributed by atoms with Gasteiger partial charge in [-0.2, -0.15) is 4.72 Å². The van der Waals surface area contributed by atoms with Crippen LogP contribution in [0.15, 0.2) is 47.4 Å². The predicted octanol–water partition coefficient (Wildman–Crippen LogP) is 2.34. The minimum atomic E-state index is -3.88. The Morgan fingerprint density at radius 1 is 1.06 bits per heavy atom. The van der Waals surface area contributed by atoms with Gasteiger partial charge in [0.05, 0.1) is 18.1 Å². The third kappa shape index (κ3) is 7.37. The smallest absolute Gasteiger partial charge is 0.241 e. The van der Waals surface area contributed by atoms with E-state index in [1.54, 1.807) is 13.8 Å². The number of ether oxygens (including phenoxy) is 1. The zero-order chi connectivity index (χ0) is 23.8. The van der Waals surface area contributed by atoms with Crippen LogP contribution < -0.4 is 10.0 Å². The number of rotatable bonds is 10. The average Bonchev–Trinajstić information content (AvgIpc) is 2.76. The number of sulfonamides is 1. The summed E-state index contributed by atoms with van der Waals surface area (Å²) in [7, 11) is -3.88. The number of hydrogen-bond acceptors (Lipinski definition) is 5. The van der Waals surface area contributed by atoms with E-state index in [1.165, 1.54) is 0 Å². The highest BCUT2D eigenvalue weighted by Crippen LogP contribution is 2.22. The highest BCUT2D eigenvalue weighted by molar-refractivity contribution is 7.89. The molecule has 0 radical (unpaired) electrons. The maximum absolute atomic E-state index is 13.3. The maximum Gasteiger partial charge on any atom is 0.241 e. The Morgan fingerprint density at radius 3 is 2.33 bits per heavy atom. The van der Waals surface area contributed by atoms with Gasteiger partial charge in [-0.1, -0.05) is 48.0 Å². The number of carbonyl (C=O) groups is 1. The molecule has 2 aromatic rings. The molecule has 3 rings (SSSR count).